The second kappa shape index (κ2) is 7.62. The van der Waals surface area contributed by atoms with E-state index >= 15 is 0 Å². The number of hydrogen-bond acceptors (Lipinski definition) is 5. The van der Waals surface area contributed by atoms with Crippen molar-refractivity contribution in [3.8, 4) is 5.69 Å². The Labute approximate surface area is 149 Å². The molecular weight excluding hydrogens is 375 g/mol. The third-order valence-electron chi connectivity index (χ3n) is 3.16. The molecule has 0 saturated heterocycles. The second-order valence-electron chi connectivity index (χ2n) is 5.18. The van der Waals surface area contributed by atoms with Crippen LogP contribution in [0, 0.1) is 0 Å². The lowest BCUT2D eigenvalue weighted by atomic mass is 10.3. The molecular formula is C14H16Cl2N4O3S. The van der Waals surface area contributed by atoms with Gasteiger partial charge in [-0.1, -0.05) is 23.2 Å². The lowest BCUT2D eigenvalue weighted by molar-refractivity contribution is 0.572. The Morgan fingerprint density at radius 1 is 1.29 bits per heavy atom. The van der Waals surface area contributed by atoms with E-state index in [1.54, 1.807) is 6.92 Å². The fourth-order valence-electron chi connectivity index (χ4n) is 1.87. The number of aromatic nitrogens is 2. The van der Waals surface area contributed by atoms with Crippen LogP contribution in [0.4, 0.5) is 0 Å². The molecule has 24 heavy (non-hydrogen) atoms. The number of hydrogen-bond donors (Lipinski definition) is 2. The van der Waals surface area contributed by atoms with Crippen LogP contribution in [0.25, 0.3) is 5.69 Å². The van der Waals surface area contributed by atoms with Crippen LogP contribution < -0.4 is 16.0 Å². The van der Waals surface area contributed by atoms with Crippen molar-refractivity contribution in [3.63, 3.8) is 0 Å². The Bertz CT molecular complexity index is 880. The van der Waals surface area contributed by atoms with Crippen LogP contribution in [0.3, 0.4) is 0 Å². The van der Waals surface area contributed by atoms with Crippen molar-refractivity contribution in [2.24, 2.45) is 5.73 Å². The molecule has 7 nitrogen and oxygen atoms in total. The highest BCUT2D eigenvalue weighted by atomic mass is 35.5. The molecule has 0 aliphatic carbocycles. The molecule has 0 saturated carbocycles. The largest absolute Gasteiger partial charge is 0.328 e. The summed E-state index contributed by atoms with van der Waals surface area (Å²) >= 11 is 11.5. The van der Waals surface area contributed by atoms with Crippen LogP contribution in [-0.2, 0) is 10.0 Å². The minimum atomic E-state index is -3.64. The van der Waals surface area contributed by atoms with Gasteiger partial charge in [-0.2, -0.15) is 9.78 Å². The Morgan fingerprint density at radius 2 is 1.92 bits per heavy atom. The SMILES string of the molecule is CC(N)CCNS(=O)(=O)c1ccc(-n2ncc(Cl)c(Cl)c2=O)cc1. The van der Waals surface area contributed by atoms with Crippen LogP contribution in [0.5, 0.6) is 0 Å². The Balaban J connectivity index is 2.25. The molecule has 2 aromatic rings. The number of sulfonamides is 1. The van der Waals surface area contributed by atoms with Crippen LogP contribution in [0.15, 0.2) is 40.2 Å². The fourth-order valence-corrected chi connectivity index (χ4v) is 3.17. The number of nitrogens with one attached hydrogen (secondary N) is 1. The number of rotatable bonds is 6. The van der Waals surface area contributed by atoms with Gasteiger partial charge in [0.05, 0.1) is 21.8 Å². The molecule has 0 bridgehead atoms. The summed E-state index contributed by atoms with van der Waals surface area (Å²) in [7, 11) is -3.64. The van der Waals surface area contributed by atoms with E-state index in [0.717, 1.165) is 4.68 Å². The number of benzene rings is 1. The summed E-state index contributed by atoms with van der Waals surface area (Å²) in [5.74, 6) is 0. The summed E-state index contributed by atoms with van der Waals surface area (Å²) in [6.07, 6.45) is 1.77. The predicted molar refractivity (Wildman–Crippen MR) is 93.3 cm³/mol. The quantitative estimate of drug-likeness (QED) is 0.777. The first-order valence-electron chi connectivity index (χ1n) is 7.01. The van der Waals surface area contributed by atoms with Gasteiger partial charge < -0.3 is 5.73 Å². The summed E-state index contributed by atoms with van der Waals surface area (Å²) in [6, 6.07) is 5.57. The zero-order valence-electron chi connectivity index (χ0n) is 12.7. The summed E-state index contributed by atoms with van der Waals surface area (Å²) < 4.78 is 27.8. The molecule has 1 atom stereocenters. The van der Waals surface area contributed by atoms with E-state index in [0.29, 0.717) is 12.1 Å². The van der Waals surface area contributed by atoms with Crippen molar-refractivity contribution in [2.45, 2.75) is 24.3 Å². The van der Waals surface area contributed by atoms with Crippen LogP contribution in [0.1, 0.15) is 13.3 Å². The van der Waals surface area contributed by atoms with Gasteiger partial charge in [-0.3, -0.25) is 4.79 Å². The van der Waals surface area contributed by atoms with Gasteiger partial charge in [0.15, 0.2) is 0 Å². The van der Waals surface area contributed by atoms with Gasteiger partial charge in [0.2, 0.25) is 10.0 Å². The molecule has 0 amide bonds. The molecule has 1 heterocycles. The van der Waals surface area contributed by atoms with Gasteiger partial charge in [0.1, 0.15) is 5.02 Å². The molecule has 1 aromatic carbocycles. The monoisotopic (exact) mass is 390 g/mol. The van der Waals surface area contributed by atoms with E-state index in [9.17, 15) is 13.2 Å². The summed E-state index contributed by atoms with van der Waals surface area (Å²) in [5, 5.41) is 3.78. The van der Waals surface area contributed by atoms with E-state index in [1.807, 2.05) is 0 Å². The predicted octanol–water partition coefficient (Wildman–Crippen LogP) is 1.55. The van der Waals surface area contributed by atoms with Gasteiger partial charge >= 0.3 is 0 Å². The smallest absolute Gasteiger partial charge is 0.291 e. The first kappa shape index (κ1) is 18.9. The Morgan fingerprint density at radius 3 is 2.50 bits per heavy atom. The van der Waals surface area contributed by atoms with Gasteiger partial charge in [0, 0.05) is 12.6 Å². The van der Waals surface area contributed by atoms with Crippen molar-refractivity contribution in [1.82, 2.24) is 14.5 Å². The van der Waals surface area contributed by atoms with E-state index < -0.39 is 15.6 Å². The van der Waals surface area contributed by atoms with Crippen molar-refractivity contribution < 1.29 is 8.42 Å². The molecule has 0 aliphatic heterocycles. The highest BCUT2D eigenvalue weighted by Crippen LogP contribution is 2.17. The van der Waals surface area contributed by atoms with Crippen molar-refractivity contribution in [2.75, 3.05) is 6.54 Å². The third-order valence-corrected chi connectivity index (χ3v) is 5.39. The molecule has 3 N–H and O–H groups in total. The normalized spacial score (nSPS) is 13.0. The molecule has 0 fully saturated rings. The number of halogens is 2. The molecule has 10 heteroatoms. The maximum absolute atomic E-state index is 12.2. The molecule has 0 spiro atoms. The molecule has 1 unspecified atom stereocenters. The van der Waals surface area contributed by atoms with Gasteiger partial charge in [-0.15, -0.1) is 0 Å². The summed E-state index contributed by atoms with van der Waals surface area (Å²) in [5.41, 5.74) is 5.37. The summed E-state index contributed by atoms with van der Waals surface area (Å²) in [4.78, 5) is 12.1. The Hall–Kier alpha value is -1.45. The van der Waals surface area contributed by atoms with Gasteiger partial charge in [-0.25, -0.2) is 13.1 Å². The maximum Gasteiger partial charge on any atom is 0.291 e. The number of nitrogens with zero attached hydrogens (tertiary/aromatic N) is 2. The zero-order chi connectivity index (χ0) is 17.9. The molecule has 0 radical (unpaired) electrons. The topological polar surface area (TPSA) is 107 Å². The second-order valence-corrected chi connectivity index (χ2v) is 7.73. The van der Waals surface area contributed by atoms with E-state index in [2.05, 4.69) is 9.82 Å². The lowest BCUT2D eigenvalue weighted by Crippen LogP contribution is -2.29. The first-order valence-corrected chi connectivity index (χ1v) is 9.25. The van der Waals surface area contributed by atoms with Gasteiger partial charge in [0.25, 0.3) is 5.56 Å². The average Bonchev–Trinajstić information content (AvgIpc) is 2.52. The Kier molecular flexibility index (Phi) is 6.00. The fraction of sp³-hybridized carbons (Fsp3) is 0.286. The third kappa shape index (κ3) is 4.34. The standard InChI is InChI=1S/C14H16Cl2N4O3S/c1-9(17)6-7-19-24(22,23)11-4-2-10(3-5-11)20-14(21)13(16)12(15)8-18-20/h2-5,8-9,19H,6-7,17H2,1H3. The van der Waals surface area contributed by atoms with Crippen molar-refractivity contribution >= 4 is 33.2 Å². The lowest BCUT2D eigenvalue weighted by Gasteiger charge is -2.10. The van der Waals surface area contributed by atoms with E-state index in [1.165, 1.54) is 30.5 Å². The number of nitrogens with two attached hydrogens (primary N) is 1. The maximum atomic E-state index is 12.2. The minimum Gasteiger partial charge on any atom is -0.328 e. The highest BCUT2D eigenvalue weighted by Gasteiger charge is 2.15. The van der Waals surface area contributed by atoms with Crippen molar-refractivity contribution in [1.29, 1.82) is 0 Å². The van der Waals surface area contributed by atoms with E-state index in [-0.39, 0.29) is 27.5 Å². The van der Waals surface area contributed by atoms with Crippen LogP contribution >= 0.6 is 23.2 Å². The van der Waals surface area contributed by atoms with E-state index in [4.69, 9.17) is 28.9 Å². The van der Waals surface area contributed by atoms with Crippen LogP contribution in [0.2, 0.25) is 10.0 Å². The molecule has 1 aromatic heterocycles. The summed E-state index contributed by atoms with van der Waals surface area (Å²) in [6.45, 7) is 2.04. The zero-order valence-corrected chi connectivity index (χ0v) is 15.1. The first-order chi connectivity index (χ1) is 11.2. The van der Waals surface area contributed by atoms with Crippen molar-refractivity contribution in [3.05, 3.63) is 50.9 Å². The van der Waals surface area contributed by atoms with Crippen LogP contribution in [-0.4, -0.2) is 30.8 Å². The van der Waals surface area contributed by atoms with Gasteiger partial charge in [-0.05, 0) is 37.6 Å². The molecule has 0 aliphatic rings. The minimum absolute atomic E-state index is 0.0513. The highest BCUT2D eigenvalue weighted by molar-refractivity contribution is 7.89. The molecule has 130 valence electrons. The molecule has 2 rings (SSSR count). The average molecular weight is 391 g/mol.